The predicted octanol–water partition coefficient (Wildman–Crippen LogP) is 3.63. The third-order valence-corrected chi connectivity index (χ3v) is 3.03. The number of rotatable bonds is 7. The van der Waals surface area contributed by atoms with Crippen LogP contribution in [0, 0.1) is 15.9 Å². The summed E-state index contributed by atoms with van der Waals surface area (Å²) in [5.41, 5.74) is 0.806. The maximum absolute atomic E-state index is 12.8. The Morgan fingerprint density at radius 3 is 2.43 bits per heavy atom. The first-order valence-electron chi connectivity index (χ1n) is 6.63. The summed E-state index contributed by atoms with van der Waals surface area (Å²) in [6, 6.07) is 9.17. The minimum absolute atomic E-state index is 0.0844. The standard InChI is InChI=1S/C15H13F3N2O3/c16-12-3-1-10(2-4-12)8-19-9-11-7-13(20(21)22)5-6-14(11)23-15(17)18/h1-7,15,19H,8-9H2. The van der Waals surface area contributed by atoms with Gasteiger partial charge in [0.15, 0.2) is 0 Å². The molecular weight excluding hydrogens is 313 g/mol. The van der Waals surface area contributed by atoms with E-state index in [9.17, 15) is 23.3 Å². The van der Waals surface area contributed by atoms with Crippen LogP contribution in [0.25, 0.3) is 0 Å². The molecule has 0 heterocycles. The molecule has 0 aliphatic carbocycles. The third-order valence-electron chi connectivity index (χ3n) is 3.03. The van der Waals surface area contributed by atoms with Gasteiger partial charge in [-0.3, -0.25) is 10.1 Å². The fourth-order valence-corrected chi connectivity index (χ4v) is 1.97. The minimum atomic E-state index is -3.02. The second-order valence-electron chi connectivity index (χ2n) is 4.66. The summed E-state index contributed by atoms with van der Waals surface area (Å²) in [6.07, 6.45) is 0. The topological polar surface area (TPSA) is 64.4 Å². The van der Waals surface area contributed by atoms with Crippen molar-refractivity contribution in [3.63, 3.8) is 0 Å². The molecule has 0 aliphatic rings. The van der Waals surface area contributed by atoms with Crippen molar-refractivity contribution in [3.8, 4) is 5.75 Å². The van der Waals surface area contributed by atoms with E-state index in [1.54, 1.807) is 12.1 Å². The molecule has 0 aliphatic heterocycles. The highest BCUT2D eigenvalue weighted by atomic mass is 19.3. The fraction of sp³-hybridized carbons (Fsp3) is 0.200. The zero-order chi connectivity index (χ0) is 16.8. The summed E-state index contributed by atoms with van der Waals surface area (Å²) in [4.78, 5) is 10.2. The molecule has 5 nitrogen and oxygen atoms in total. The van der Waals surface area contributed by atoms with E-state index in [1.165, 1.54) is 18.2 Å². The maximum Gasteiger partial charge on any atom is 0.387 e. The van der Waals surface area contributed by atoms with Crippen molar-refractivity contribution in [2.75, 3.05) is 0 Å². The number of hydrogen-bond donors (Lipinski definition) is 1. The molecule has 0 amide bonds. The van der Waals surface area contributed by atoms with Crippen molar-refractivity contribution in [2.45, 2.75) is 19.7 Å². The monoisotopic (exact) mass is 326 g/mol. The molecule has 8 heteroatoms. The van der Waals surface area contributed by atoms with Crippen LogP contribution in [0.5, 0.6) is 5.75 Å². The first-order valence-corrected chi connectivity index (χ1v) is 6.63. The smallest absolute Gasteiger partial charge is 0.387 e. The van der Waals surface area contributed by atoms with Crippen LogP contribution in [0.1, 0.15) is 11.1 Å². The number of nitrogens with one attached hydrogen (secondary N) is 1. The van der Waals surface area contributed by atoms with Crippen LogP contribution < -0.4 is 10.1 Å². The molecule has 0 aromatic heterocycles. The average Bonchev–Trinajstić information content (AvgIpc) is 2.50. The predicted molar refractivity (Wildman–Crippen MR) is 76.7 cm³/mol. The van der Waals surface area contributed by atoms with Gasteiger partial charge in [0.05, 0.1) is 4.92 Å². The molecule has 1 N–H and O–H groups in total. The lowest BCUT2D eigenvalue weighted by Crippen LogP contribution is -2.14. The van der Waals surface area contributed by atoms with Crippen molar-refractivity contribution in [3.05, 3.63) is 69.5 Å². The molecule has 0 saturated heterocycles. The van der Waals surface area contributed by atoms with Gasteiger partial charge in [0, 0.05) is 30.8 Å². The van der Waals surface area contributed by atoms with Crippen LogP contribution >= 0.6 is 0 Å². The Kier molecular flexibility index (Phi) is 5.53. The highest BCUT2D eigenvalue weighted by Gasteiger charge is 2.14. The highest BCUT2D eigenvalue weighted by Crippen LogP contribution is 2.25. The first kappa shape index (κ1) is 16.8. The van der Waals surface area contributed by atoms with Gasteiger partial charge >= 0.3 is 6.61 Å². The Morgan fingerprint density at radius 2 is 1.83 bits per heavy atom. The maximum atomic E-state index is 12.8. The zero-order valence-corrected chi connectivity index (χ0v) is 11.8. The van der Waals surface area contributed by atoms with E-state index >= 15 is 0 Å². The molecular formula is C15H13F3N2O3. The van der Waals surface area contributed by atoms with Crippen molar-refractivity contribution >= 4 is 5.69 Å². The van der Waals surface area contributed by atoms with Crippen molar-refractivity contribution in [2.24, 2.45) is 0 Å². The SMILES string of the molecule is O=[N+]([O-])c1ccc(OC(F)F)c(CNCc2ccc(F)cc2)c1. The summed E-state index contributed by atoms with van der Waals surface area (Å²) >= 11 is 0. The average molecular weight is 326 g/mol. The lowest BCUT2D eigenvalue weighted by Gasteiger charge is -2.11. The largest absolute Gasteiger partial charge is 0.434 e. The molecule has 2 aromatic carbocycles. The second kappa shape index (κ2) is 7.59. The Hall–Kier alpha value is -2.61. The highest BCUT2D eigenvalue weighted by molar-refractivity contribution is 5.43. The number of ether oxygens (including phenoxy) is 1. The van der Waals surface area contributed by atoms with Gasteiger partial charge < -0.3 is 10.1 Å². The fourth-order valence-electron chi connectivity index (χ4n) is 1.97. The molecule has 0 saturated carbocycles. The van der Waals surface area contributed by atoms with Crippen molar-refractivity contribution < 1.29 is 22.8 Å². The number of nitrogens with zero attached hydrogens (tertiary/aromatic N) is 1. The molecule has 0 unspecified atom stereocenters. The molecule has 0 bridgehead atoms. The number of nitro benzene ring substituents is 1. The third kappa shape index (κ3) is 4.96. The molecule has 0 atom stereocenters. The van der Waals surface area contributed by atoms with Crippen LogP contribution in [0.3, 0.4) is 0 Å². The number of nitro groups is 1. The Bertz CT molecular complexity index is 678. The van der Waals surface area contributed by atoms with E-state index in [4.69, 9.17) is 0 Å². The molecule has 23 heavy (non-hydrogen) atoms. The van der Waals surface area contributed by atoms with Crippen LogP contribution in [-0.2, 0) is 13.1 Å². The molecule has 2 rings (SSSR count). The summed E-state index contributed by atoms with van der Waals surface area (Å²) < 4.78 is 41.9. The van der Waals surface area contributed by atoms with Crippen LogP contribution in [-0.4, -0.2) is 11.5 Å². The Morgan fingerprint density at radius 1 is 1.13 bits per heavy atom. The normalized spacial score (nSPS) is 10.8. The molecule has 122 valence electrons. The molecule has 2 aromatic rings. The Balaban J connectivity index is 2.07. The van der Waals surface area contributed by atoms with Crippen LogP contribution in [0.15, 0.2) is 42.5 Å². The van der Waals surface area contributed by atoms with E-state index in [0.717, 1.165) is 17.7 Å². The number of benzene rings is 2. The Labute approximate surface area is 129 Å². The molecule has 0 spiro atoms. The van der Waals surface area contributed by atoms with Gasteiger partial charge in [0.1, 0.15) is 11.6 Å². The summed E-state index contributed by atoms with van der Waals surface area (Å²) in [5.74, 6) is -0.489. The van der Waals surface area contributed by atoms with Gasteiger partial charge in [-0.15, -0.1) is 0 Å². The van der Waals surface area contributed by atoms with E-state index in [1.807, 2.05) is 0 Å². The summed E-state index contributed by atoms with van der Waals surface area (Å²) in [7, 11) is 0. The first-order chi connectivity index (χ1) is 11.0. The second-order valence-corrected chi connectivity index (χ2v) is 4.66. The van der Waals surface area contributed by atoms with Gasteiger partial charge in [-0.25, -0.2) is 4.39 Å². The van der Waals surface area contributed by atoms with E-state index in [2.05, 4.69) is 10.1 Å². The van der Waals surface area contributed by atoms with Gasteiger partial charge in [-0.1, -0.05) is 12.1 Å². The van der Waals surface area contributed by atoms with Gasteiger partial charge in [-0.2, -0.15) is 8.78 Å². The van der Waals surface area contributed by atoms with Gasteiger partial charge in [-0.05, 0) is 23.8 Å². The van der Waals surface area contributed by atoms with E-state index in [0.29, 0.717) is 6.54 Å². The van der Waals surface area contributed by atoms with Crippen molar-refractivity contribution in [1.29, 1.82) is 0 Å². The van der Waals surface area contributed by atoms with E-state index < -0.39 is 11.5 Å². The lowest BCUT2D eigenvalue weighted by atomic mass is 10.1. The van der Waals surface area contributed by atoms with Crippen LogP contribution in [0.2, 0.25) is 0 Å². The molecule has 0 fully saturated rings. The summed E-state index contributed by atoms with van der Waals surface area (Å²) in [5, 5.41) is 13.7. The van der Waals surface area contributed by atoms with Crippen molar-refractivity contribution in [1.82, 2.24) is 5.32 Å². The van der Waals surface area contributed by atoms with Gasteiger partial charge in [0.25, 0.3) is 5.69 Å². The number of alkyl halides is 2. The zero-order valence-electron chi connectivity index (χ0n) is 11.8. The van der Waals surface area contributed by atoms with Crippen LogP contribution in [0.4, 0.5) is 18.9 Å². The van der Waals surface area contributed by atoms with E-state index in [-0.39, 0.29) is 29.4 Å². The number of halogens is 3. The number of hydrogen-bond acceptors (Lipinski definition) is 4. The molecule has 0 radical (unpaired) electrons. The number of non-ortho nitro benzene ring substituents is 1. The lowest BCUT2D eigenvalue weighted by molar-refractivity contribution is -0.385. The quantitative estimate of drug-likeness (QED) is 0.623. The summed E-state index contributed by atoms with van der Waals surface area (Å²) in [6.45, 7) is -2.59. The minimum Gasteiger partial charge on any atom is -0.434 e. The van der Waals surface area contributed by atoms with Gasteiger partial charge in [0.2, 0.25) is 0 Å².